The molecule has 0 aromatic carbocycles. The Kier molecular flexibility index (Phi) is 4.93. The largest absolute Gasteiger partial charge is 0.466 e. The number of nitrogens with zero attached hydrogens (tertiary/aromatic N) is 4. The van der Waals surface area contributed by atoms with E-state index in [0.29, 0.717) is 19.7 Å². The van der Waals surface area contributed by atoms with E-state index in [-0.39, 0.29) is 30.2 Å². The van der Waals surface area contributed by atoms with Gasteiger partial charge in [0.2, 0.25) is 11.7 Å². The molecule has 2 heterocycles. The summed E-state index contributed by atoms with van der Waals surface area (Å²) in [5.74, 6) is -0.392. The van der Waals surface area contributed by atoms with Crippen molar-refractivity contribution in [3.8, 4) is 6.07 Å². The maximum Gasteiger partial charge on any atom is 0.310 e. The minimum absolute atomic E-state index is 0.0679. The Balaban J connectivity index is 1.96. The molecular formula is C14H18N4O3. The lowest BCUT2D eigenvalue weighted by molar-refractivity contribution is -0.151. The fourth-order valence-corrected chi connectivity index (χ4v) is 2.45. The van der Waals surface area contributed by atoms with E-state index in [4.69, 9.17) is 10.00 Å². The molecule has 0 bridgehead atoms. The van der Waals surface area contributed by atoms with Crippen molar-refractivity contribution >= 4 is 11.9 Å². The molecule has 1 amide bonds. The summed E-state index contributed by atoms with van der Waals surface area (Å²) in [4.78, 5) is 29.6. The molecule has 0 saturated carbocycles. The molecule has 1 saturated heterocycles. The van der Waals surface area contributed by atoms with E-state index in [0.717, 1.165) is 12.8 Å². The van der Waals surface area contributed by atoms with Crippen molar-refractivity contribution in [1.82, 2.24) is 14.5 Å². The zero-order chi connectivity index (χ0) is 15.2. The number of rotatable bonds is 4. The van der Waals surface area contributed by atoms with Crippen molar-refractivity contribution in [3.05, 3.63) is 18.2 Å². The maximum atomic E-state index is 12.3. The first-order valence-corrected chi connectivity index (χ1v) is 7.01. The predicted molar refractivity (Wildman–Crippen MR) is 72.9 cm³/mol. The second-order valence-electron chi connectivity index (χ2n) is 4.92. The van der Waals surface area contributed by atoms with Crippen molar-refractivity contribution in [1.29, 1.82) is 5.26 Å². The predicted octanol–water partition coefficient (Wildman–Crippen LogP) is 0.556. The first-order valence-electron chi connectivity index (χ1n) is 7.01. The van der Waals surface area contributed by atoms with Crippen LogP contribution < -0.4 is 0 Å². The quantitative estimate of drug-likeness (QED) is 0.756. The molecule has 1 aromatic heterocycles. The molecule has 7 heteroatoms. The second-order valence-corrected chi connectivity index (χ2v) is 4.92. The van der Waals surface area contributed by atoms with Crippen LogP contribution in [0, 0.1) is 17.2 Å². The number of aromatic nitrogens is 2. The van der Waals surface area contributed by atoms with Crippen LogP contribution in [0.3, 0.4) is 0 Å². The molecule has 2 rings (SSSR count). The van der Waals surface area contributed by atoms with E-state index in [1.165, 1.54) is 10.8 Å². The lowest BCUT2D eigenvalue weighted by atomic mass is 9.98. The average Bonchev–Trinajstić information content (AvgIpc) is 2.94. The number of imidazole rings is 1. The van der Waals surface area contributed by atoms with Crippen LogP contribution in [0.2, 0.25) is 0 Å². The van der Waals surface area contributed by atoms with Gasteiger partial charge in [-0.15, -0.1) is 0 Å². The molecule has 1 aliphatic rings. The van der Waals surface area contributed by atoms with Crippen molar-refractivity contribution in [2.24, 2.45) is 5.92 Å². The van der Waals surface area contributed by atoms with Crippen LogP contribution in [-0.2, 0) is 20.9 Å². The number of hydrogen-bond acceptors (Lipinski definition) is 5. The van der Waals surface area contributed by atoms with Gasteiger partial charge in [-0.05, 0) is 19.8 Å². The molecule has 1 aliphatic heterocycles. The number of ether oxygens (including phenoxy) is 1. The number of piperidine rings is 1. The minimum atomic E-state index is -0.249. The molecular weight excluding hydrogens is 272 g/mol. The fraction of sp³-hybridized carbons (Fsp3) is 0.571. The highest BCUT2D eigenvalue weighted by Crippen LogP contribution is 2.18. The van der Waals surface area contributed by atoms with Gasteiger partial charge in [0.1, 0.15) is 12.6 Å². The molecule has 0 unspecified atom stereocenters. The Morgan fingerprint density at radius 3 is 3.10 bits per heavy atom. The van der Waals surface area contributed by atoms with Gasteiger partial charge in [0.05, 0.1) is 12.5 Å². The third-order valence-corrected chi connectivity index (χ3v) is 3.52. The maximum absolute atomic E-state index is 12.3. The highest BCUT2D eigenvalue weighted by Gasteiger charge is 2.29. The normalized spacial score (nSPS) is 18.1. The average molecular weight is 290 g/mol. The molecule has 21 heavy (non-hydrogen) atoms. The number of amides is 1. The summed E-state index contributed by atoms with van der Waals surface area (Å²) < 4.78 is 6.53. The summed E-state index contributed by atoms with van der Waals surface area (Å²) in [5, 5.41) is 8.89. The summed E-state index contributed by atoms with van der Waals surface area (Å²) in [7, 11) is 0. The smallest absolute Gasteiger partial charge is 0.310 e. The Labute approximate surface area is 123 Å². The van der Waals surface area contributed by atoms with Gasteiger partial charge in [0.15, 0.2) is 0 Å². The van der Waals surface area contributed by atoms with Crippen molar-refractivity contribution in [2.45, 2.75) is 26.3 Å². The summed E-state index contributed by atoms with van der Waals surface area (Å²) >= 11 is 0. The van der Waals surface area contributed by atoms with Crippen molar-refractivity contribution in [2.75, 3.05) is 19.7 Å². The van der Waals surface area contributed by atoms with Crippen LogP contribution in [0.15, 0.2) is 12.4 Å². The number of likely N-dealkylation sites (tertiary alicyclic amines) is 1. The number of hydrogen-bond donors (Lipinski definition) is 0. The first-order chi connectivity index (χ1) is 10.2. The number of nitriles is 1. The van der Waals surface area contributed by atoms with Gasteiger partial charge in [0.25, 0.3) is 0 Å². The third kappa shape index (κ3) is 3.60. The summed E-state index contributed by atoms with van der Waals surface area (Å²) in [6.07, 6.45) is 4.62. The van der Waals surface area contributed by atoms with Crippen molar-refractivity contribution in [3.63, 3.8) is 0 Å². The zero-order valence-electron chi connectivity index (χ0n) is 12.0. The highest BCUT2D eigenvalue weighted by atomic mass is 16.5. The van der Waals surface area contributed by atoms with E-state index in [9.17, 15) is 9.59 Å². The van der Waals surface area contributed by atoms with E-state index in [1.54, 1.807) is 18.0 Å². The summed E-state index contributed by atoms with van der Waals surface area (Å²) in [6.45, 7) is 3.20. The van der Waals surface area contributed by atoms with E-state index >= 15 is 0 Å². The highest BCUT2D eigenvalue weighted by molar-refractivity contribution is 5.78. The zero-order valence-corrected chi connectivity index (χ0v) is 12.0. The fourth-order valence-electron chi connectivity index (χ4n) is 2.45. The lowest BCUT2D eigenvalue weighted by Gasteiger charge is -2.31. The number of esters is 1. The Hall–Kier alpha value is -2.36. The molecule has 1 atom stereocenters. The SMILES string of the molecule is CCOC(=O)[C@@H]1CCCN(C(=O)Cn2ccnc2C#N)C1. The van der Waals surface area contributed by atoms with Crippen LogP contribution in [0.1, 0.15) is 25.6 Å². The summed E-state index contributed by atoms with van der Waals surface area (Å²) in [6, 6.07) is 1.93. The Morgan fingerprint density at radius 1 is 1.57 bits per heavy atom. The first kappa shape index (κ1) is 15.0. The third-order valence-electron chi connectivity index (χ3n) is 3.52. The van der Waals surface area contributed by atoms with Crippen molar-refractivity contribution < 1.29 is 14.3 Å². The molecule has 0 radical (unpaired) electrons. The van der Waals surface area contributed by atoms with Gasteiger partial charge >= 0.3 is 5.97 Å². The van der Waals surface area contributed by atoms with Gasteiger partial charge in [-0.25, -0.2) is 4.98 Å². The second kappa shape index (κ2) is 6.88. The summed E-state index contributed by atoms with van der Waals surface area (Å²) in [5.41, 5.74) is 0. The molecule has 0 N–H and O–H groups in total. The van der Waals surface area contributed by atoms with Crippen LogP contribution in [0.25, 0.3) is 0 Å². The van der Waals surface area contributed by atoms with Gasteiger partial charge in [-0.3, -0.25) is 9.59 Å². The number of carbonyl (C=O) groups excluding carboxylic acids is 2. The van der Waals surface area contributed by atoms with E-state index in [2.05, 4.69) is 4.98 Å². The molecule has 7 nitrogen and oxygen atoms in total. The Bertz CT molecular complexity index is 561. The number of carbonyl (C=O) groups is 2. The molecule has 1 fully saturated rings. The van der Waals surface area contributed by atoms with E-state index < -0.39 is 0 Å². The molecule has 0 spiro atoms. The standard InChI is InChI=1S/C14H18N4O3/c1-2-21-14(20)11-4-3-6-18(9-11)13(19)10-17-7-5-16-12(17)8-15/h5,7,11H,2-4,6,9-10H2,1H3/t11-/m1/s1. The van der Waals surface area contributed by atoms with Gasteiger partial charge in [-0.1, -0.05) is 0 Å². The van der Waals surface area contributed by atoms with Crippen LogP contribution in [0.5, 0.6) is 0 Å². The van der Waals surface area contributed by atoms with Crippen LogP contribution in [-0.4, -0.2) is 46.0 Å². The molecule has 0 aliphatic carbocycles. The topological polar surface area (TPSA) is 88.2 Å². The Morgan fingerprint density at radius 2 is 2.38 bits per heavy atom. The van der Waals surface area contributed by atoms with Gasteiger partial charge < -0.3 is 14.2 Å². The lowest BCUT2D eigenvalue weighted by Crippen LogP contribution is -2.44. The van der Waals surface area contributed by atoms with Crippen LogP contribution in [0.4, 0.5) is 0 Å². The van der Waals surface area contributed by atoms with Gasteiger partial charge in [-0.2, -0.15) is 5.26 Å². The van der Waals surface area contributed by atoms with Gasteiger partial charge in [0, 0.05) is 25.5 Å². The molecule has 112 valence electrons. The molecule has 1 aromatic rings. The minimum Gasteiger partial charge on any atom is -0.466 e. The van der Waals surface area contributed by atoms with E-state index in [1.807, 2.05) is 6.07 Å². The van der Waals surface area contributed by atoms with Crippen LogP contribution >= 0.6 is 0 Å². The monoisotopic (exact) mass is 290 g/mol.